The van der Waals surface area contributed by atoms with Gasteiger partial charge in [-0.3, -0.25) is 4.90 Å². The Morgan fingerprint density at radius 2 is 2.09 bits per heavy atom. The fourth-order valence-electron chi connectivity index (χ4n) is 3.89. The number of hydrogen-bond donors (Lipinski definition) is 0. The molecule has 1 aromatic carbocycles. The van der Waals surface area contributed by atoms with E-state index in [-0.39, 0.29) is 6.10 Å². The standard InChI is InChI=1S/C18H27ClN2O2/c1-12(2)23-18-14(7-15(19)8-17(18)22-4)10-21-9-13-5-6-20(3)16(13)11-21/h7-8,12-13,16H,5-6,9-11H2,1-4H3. The molecular formula is C18H27ClN2O2. The van der Waals surface area contributed by atoms with Gasteiger partial charge in [0.1, 0.15) is 0 Å². The number of rotatable bonds is 5. The molecule has 0 spiro atoms. The van der Waals surface area contributed by atoms with Crippen molar-refractivity contribution < 1.29 is 9.47 Å². The quantitative estimate of drug-likeness (QED) is 0.822. The summed E-state index contributed by atoms with van der Waals surface area (Å²) in [4.78, 5) is 5.01. The largest absolute Gasteiger partial charge is 0.493 e. The number of hydrogen-bond acceptors (Lipinski definition) is 4. The lowest BCUT2D eigenvalue weighted by Gasteiger charge is -2.23. The predicted octanol–water partition coefficient (Wildman–Crippen LogP) is 3.27. The Labute approximate surface area is 144 Å². The summed E-state index contributed by atoms with van der Waals surface area (Å²) in [5, 5.41) is 0.699. The highest BCUT2D eigenvalue weighted by molar-refractivity contribution is 6.30. The predicted molar refractivity (Wildman–Crippen MR) is 93.6 cm³/mol. The molecule has 0 aromatic heterocycles. The number of likely N-dealkylation sites (N-methyl/N-ethyl adjacent to an activating group) is 1. The van der Waals surface area contributed by atoms with Gasteiger partial charge in [0.25, 0.3) is 0 Å². The molecule has 1 aromatic rings. The van der Waals surface area contributed by atoms with Crippen LogP contribution in [0.25, 0.3) is 0 Å². The van der Waals surface area contributed by atoms with Crippen molar-refractivity contribution in [2.75, 3.05) is 33.8 Å². The van der Waals surface area contributed by atoms with Gasteiger partial charge >= 0.3 is 0 Å². The van der Waals surface area contributed by atoms with Crippen molar-refractivity contribution >= 4 is 11.6 Å². The zero-order valence-corrected chi connectivity index (χ0v) is 15.3. The van der Waals surface area contributed by atoms with Gasteiger partial charge in [-0.2, -0.15) is 0 Å². The topological polar surface area (TPSA) is 24.9 Å². The molecule has 3 rings (SSSR count). The minimum absolute atomic E-state index is 0.105. The van der Waals surface area contributed by atoms with E-state index >= 15 is 0 Å². The van der Waals surface area contributed by atoms with Crippen LogP contribution in [-0.2, 0) is 6.54 Å². The van der Waals surface area contributed by atoms with Crippen molar-refractivity contribution in [3.8, 4) is 11.5 Å². The van der Waals surface area contributed by atoms with Crippen LogP contribution in [0.1, 0.15) is 25.8 Å². The fourth-order valence-corrected chi connectivity index (χ4v) is 4.12. The van der Waals surface area contributed by atoms with Gasteiger partial charge in [0.2, 0.25) is 0 Å². The Morgan fingerprint density at radius 1 is 1.30 bits per heavy atom. The van der Waals surface area contributed by atoms with Crippen LogP contribution in [0.3, 0.4) is 0 Å². The first kappa shape index (κ1) is 16.9. The molecule has 2 unspecified atom stereocenters. The van der Waals surface area contributed by atoms with Gasteiger partial charge in [-0.05, 0) is 45.8 Å². The molecule has 2 aliphatic rings. The molecule has 23 heavy (non-hydrogen) atoms. The van der Waals surface area contributed by atoms with E-state index in [1.807, 2.05) is 26.0 Å². The average molecular weight is 339 g/mol. The van der Waals surface area contributed by atoms with Crippen LogP contribution < -0.4 is 9.47 Å². The van der Waals surface area contributed by atoms with Crippen LogP contribution in [0.4, 0.5) is 0 Å². The lowest BCUT2D eigenvalue weighted by Crippen LogP contribution is -2.32. The van der Waals surface area contributed by atoms with Crippen molar-refractivity contribution in [1.29, 1.82) is 0 Å². The summed E-state index contributed by atoms with van der Waals surface area (Å²) in [6.07, 6.45) is 1.42. The summed E-state index contributed by atoms with van der Waals surface area (Å²) in [6.45, 7) is 8.44. The monoisotopic (exact) mass is 338 g/mol. The number of nitrogens with zero attached hydrogens (tertiary/aromatic N) is 2. The molecule has 2 atom stereocenters. The van der Waals surface area contributed by atoms with Crippen molar-refractivity contribution in [1.82, 2.24) is 9.80 Å². The van der Waals surface area contributed by atoms with Gasteiger partial charge in [-0.25, -0.2) is 0 Å². The lowest BCUT2D eigenvalue weighted by atomic mass is 10.1. The summed E-state index contributed by atoms with van der Waals surface area (Å²) in [5.41, 5.74) is 1.12. The maximum atomic E-state index is 6.28. The molecule has 0 N–H and O–H groups in total. The molecule has 2 fully saturated rings. The summed E-state index contributed by atoms with van der Waals surface area (Å²) >= 11 is 6.28. The first-order chi connectivity index (χ1) is 11.0. The fraction of sp³-hybridized carbons (Fsp3) is 0.667. The third-order valence-electron chi connectivity index (χ3n) is 4.96. The molecule has 2 aliphatic heterocycles. The Hall–Kier alpha value is -0.970. The van der Waals surface area contributed by atoms with Crippen LogP contribution in [0.15, 0.2) is 12.1 Å². The van der Waals surface area contributed by atoms with Crippen molar-refractivity contribution in [2.24, 2.45) is 5.92 Å². The Balaban J connectivity index is 1.80. The molecule has 0 radical (unpaired) electrons. The van der Waals surface area contributed by atoms with Gasteiger partial charge < -0.3 is 14.4 Å². The minimum Gasteiger partial charge on any atom is -0.493 e. The van der Waals surface area contributed by atoms with Crippen LogP contribution in [-0.4, -0.2) is 55.7 Å². The highest BCUT2D eigenvalue weighted by atomic mass is 35.5. The first-order valence-electron chi connectivity index (χ1n) is 8.43. The molecule has 128 valence electrons. The second kappa shape index (κ2) is 6.88. The molecule has 0 bridgehead atoms. The van der Waals surface area contributed by atoms with E-state index in [1.165, 1.54) is 13.0 Å². The summed E-state index contributed by atoms with van der Waals surface area (Å²) in [5.74, 6) is 2.35. The number of halogens is 1. The van der Waals surface area contributed by atoms with Crippen LogP contribution in [0.2, 0.25) is 5.02 Å². The second-order valence-electron chi connectivity index (χ2n) is 7.05. The second-order valence-corrected chi connectivity index (χ2v) is 7.49. The highest BCUT2D eigenvalue weighted by Gasteiger charge is 2.39. The summed E-state index contributed by atoms with van der Waals surface area (Å²) < 4.78 is 11.5. The molecular weight excluding hydrogens is 312 g/mol. The van der Waals surface area contributed by atoms with Gasteiger partial charge in [-0.15, -0.1) is 0 Å². The summed E-state index contributed by atoms with van der Waals surface area (Å²) in [7, 11) is 3.90. The van der Waals surface area contributed by atoms with Crippen molar-refractivity contribution in [3.63, 3.8) is 0 Å². The summed E-state index contributed by atoms with van der Waals surface area (Å²) in [6, 6.07) is 4.54. The van der Waals surface area contributed by atoms with E-state index in [4.69, 9.17) is 21.1 Å². The number of benzene rings is 1. The van der Waals surface area contributed by atoms with Gasteiger partial charge in [0.15, 0.2) is 11.5 Å². The number of fused-ring (bicyclic) bond motifs is 1. The zero-order valence-electron chi connectivity index (χ0n) is 14.5. The van der Waals surface area contributed by atoms with E-state index in [1.54, 1.807) is 7.11 Å². The highest BCUT2D eigenvalue weighted by Crippen LogP contribution is 2.38. The van der Waals surface area contributed by atoms with Crippen molar-refractivity contribution in [3.05, 3.63) is 22.7 Å². The van der Waals surface area contributed by atoms with Crippen molar-refractivity contribution in [2.45, 2.75) is 39.0 Å². The van der Waals surface area contributed by atoms with Gasteiger partial charge in [-0.1, -0.05) is 11.6 Å². The van der Waals surface area contributed by atoms with E-state index < -0.39 is 0 Å². The molecule has 0 amide bonds. The zero-order chi connectivity index (χ0) is 16.6. The van der Waals surface area contributed by atoms with E-state index in [9.17, 15) is 0 Å². The SMILES string of the molecule is COc1cc(Cl)cc(CN2CC3CCN(C)C3C2)c1OC(C)C. The molecule has 2 heterocycles. The maximum Gasteiger partial charge on any atom is 0.166 e. The minimum atomic E-state index is 0.105. The molecule has 4 nitrogen and oxygen atoms in total. The van der Waals surface area contributed by atoms with Crippen LogP contribution in [0, 0.1) is 5.92 Å². The molecule has 0 aliphatic carbocycles. The van der Waals surface area contributed by atoms with Gasteiger partial charge in [0.05, 0.1) is 13.2 Å². The number of likely N-dealkylation sites (tertiary alicyclic amines) is 2. The van der Waals surface area contributed by atoms with Gasteiger partial charge in [0, 0.05) is 42.3 Å². The molecule has 2 saturated heterocycles. The number of ether oxygens (including phenoxy) is 2. The first-order valence-corrected chi connectivity index (χ1v) is 8.81. The van der Waals surface area contributed by atoms with E-state index in [0.717, 1.165) is 42.6 Å². The average Bonchev–Trinajstić information content (AvgIpc) is 3.03. The normalized spacial score (nSPS) is 25.1. The third kappa shape index (κ3) is 3.59. The third-order valence-corrected chi connectivity index (χ3v) is 5.18. The van der Waals surface area contributed by atoms with Crippen LogP contribution in [0.5, 0.6) is 11.5 Å². The van der Waals surface area contributed by atoms with E-state index in [0.29, 0.717) is 11.1 Å². The maximum absolute atomic E-state index is 6.28. The van der Waals surface area contributed by atoms with Crippen LogP contribution >= 0.6 is 11.6 Å². The van der Waals surface area contributed by atoms with E-state index in [2.05, 4.69) is 16.8 Å². The smallest absolute Gasteiger partial charge is 0.166 e. The Morgan fingerprint density at radius 3 is 2.74 bits per heavy atom. The number of methoxy groups -OCH3 is 1. The molecule has 5 heteroatoms. The Bertz CT molecular complexity index is 564. The molecule has 0 saturated carbocycles. The lowest BCUT2D eigenvalue weighted by molar-refractivity contribution is 0.218. The Kier molecular flexibility index (Phi) is 5.04.